The van der Waals surface area contributed by atoms with Crippen LogP contribution < -0.4 is 10.6 Å². The third-order valence-electron chi connectivity index (χ3n) is 2.97. The van der Waals surface area contributed by atoms with E-state index in [9.17, 15) is 4.79 Å². The van der Waals surface area contributed by atoms with Crippen molar-refractivity contribution in [2.45, 2.75) is 59.7 Å². The van der Waals surface area contributed by atoms with Crippen molar-refractivity contribution in [2.24, 2.45) is 0 Å². The van der Waals surface area contributed by atoms with Crippen LogP contribution in [0.2, 0.25) is 5.02 Å². The summed E-state index contributed by atoms with van der Waals surface area (Å²) in [6.07, 6.45) is 1.30. The molecular weight excluding hydrogens is 276 g/mol. The molecule has 0 aromatic carbocycles. The molecule has 0 aliphatic heterocycles. The Kier molecular flexibility index (Phi) is 7.02. The van der Waals surface area contributed by atoms with Crippen molar-refractivity contribution in [3.63, 3.8) is 0 Å². The summed E-state index contributed by atoms with van der Waals surface area (Å²) in [6.45, 7) is 10.1. The van der Waals surface area contributed by atoms with Crippen LogP contribution in [0, 0.1) is 0 Å². The van der Waals surface area contributed by atoms with E-state index >= 15 is 0 Å². The summed E-state index contributed by atoms with van der Waals surface area (Å²) in [5.41, 5.74) is 1.93. The normalized spacial score (nSPS) is 11.1. The van der Waals surface area contributed by atoms with Crippen LogP contribution in [-0.2, 0) is 24.3 Å². The fourth-order valence-corrected chi connectivity index (χ4v) is 2.32. The fourth-order valence-electron chi connectivity index (χ4n) is 1.99. The number of amides is 1. The summed E-state index contributed by atoms with van der Waals surface area (Å²) in [4.78, 5) is 11.5. The summed E-state index contributed by atoms with van der Waals surface area (Å²) in [5, 5.41) is 11.3. The smallest absolute Gasteiger partial charge is 0.221 e. The second kappa shape index (κ2) is 8.27. The molecule has 0 aliphatic rings. The molecule has 114 valence electrons. The van der Waals surface area contributed by atoms with E-state index in [1.165, 1.54) is 0 Å². The molecule has 0 saturated carbocycles. The lowest BCUT2D eigenvalue weighted by molar-refractivity contribution is -0.121. The molecule has 1 amide bonds. The van der Waals surface area contributed by atoms with Crippen LogP contribution in [0.4, 0.5) is 0 Å². The summed E-state index contributed by atoms with van der Waals surface area (Å²) in [5.74, 6) is 0.0665. The highest BCUT2D eigenvalue weighted by molar-refractivity contribution is 6.31. The molecule has 0 aliphatic carbocycles. The van der Waals surface area contributed by atoms with Crippen LogP contribution >= 0.6 is 11.6 Å². The minimum atomic E-state index is 0.0665. The van der Waals surface area contributed by atoms with Gasteiger partial charge in [-0.15, -0.1) is 0 Å². The van der Waals surface area contributed by atoms with Crippen LogP contribution in [0.3, 0.4) is 0 Å². The molecule has 0 unspecified atom stereocenters. The van der Waals surface area contributed by atoms with Gasteiger partial charge in [-0.25, -0.2) is 0 Å². The van der Waals surface area contributed by atoms with Gasteiger partial charge in [0.25, 0.3) is 0 Å². The molecule has 5 nitrogen and oxygen atoms in total. The van der Waals surface area contributed by atoms with Gasteiger partial charge in [0, 0.05) is 32.1 Å². The first-order valence-electron chi connectivity index (χ1n) is 7.23. The molecule has 0 bridgehead atoms. The van der Waals surface area contributed by atoms with Gasteiger partial charge in [-0.3, -0.25) is 9.48 Å². The number of carbonyl (C=O) groups is 1. The fraction of sp³-hybridized carbons (Fsp3) is 0.714. The predicted molar refractivity (Wildman–Crippen MR) is 81.9 cm³/mol. The molecule has 0 radical (unpaired) electrons. The lowest BCUT2D eigenvalue weighted by Gasteiger charge is -2.09. The molecule has 20 heavy (non-hydrogen) atoms. The predicted octanol–water partition coefficient (Wildman–Crippen LogP) is 2.12. The molecule has 1 aromatic heterocycles. The quantitative estimate of drug-likeness (QED) is 0.723. The van der Waals surface area contributed by atoms with Gasteiger partial charge in [-0.05, 0) is 27.2 Å². The van der Waals surface area contributed by atoms with Crippen molar-refractivity contribution < 1.29 is 4.79 Å². The monoisotopic (exact) mass is 300 g/mol. The van der Waals surface area contributed by atoms with Crippen molar-refractivity contribution in [2.75, 3.05) is 6.54 Å². The van der Waals surface area contributed by atoms with Gasteiger partial charge in [-0.2, -0.15) is 5.10 Å². The Bertz CT molecular complexity index is 443. The maximum absolute atomic E-state index is 11.5. The van der Waals surface area contributed by atoms with Gasteiger partial charge >= 0.3 is 0 Å². The van der Waals surface area contributed by atoms with Gasteiger partial charge in [0.2, 0.25) is 5.91 Å². The molecule has 0 saturated heterocycles. The average Bonchev–Trinajstić information content (AvgIpc) is 2.70. The Morgan fingerprint density at radius 1 is 1.40 bits per heavy atom. The second-order valence-corrected chi connectivity index (χ2v) is 5.40. The number of halogens is 1. The second-order valence-electron chi connectivity index (χ2n) is 5.03. The highest BCUT2D eigenvalue weighted by Crippen LogP contribution is 2.21. The van der Waals surface area contributed by atoms with Gasteiger partial charge in [0.1, 0.15) is 0 Å². The Labute approximate surface area is 126 Å². The molecule has 2 N–H and O–H groups in total. The standard InChI is InChI=1S/C14H25ClN4O/c1-5-11-14(15)12(19(6-2)18-11)9-16-8-7-13(20)17-10(3)4/h10,16H,5-9H2,1-4H3,(H,17,20). The molecule has 6 heteroatoms. The van der Waals surface area contributed by atoms with Crippen molar-refractivity contribution in [3.8, 4) is 0 Å². The van der Waals surface area contributed by atoms with E-state index in [-0.39, 0.29) is 11.9 Å². The van der Waals surface area contributed by atoms with Gasteiger partial charge in [-0.1, -0.05) is 18.5 Å². The Morgan fingerprint density at radius 2 is 2.10 bits per heavy atom. The van der Waals surface area contributed by atoms with Gasteiger partial charge in [0.05, 0.1) is 16.4 Å². The van der Waals surface area contributed by atoms with Crippen molar-refractivity contribution in [1.29, 1.82) is 0 Å². The van der Waals surface area contributed by atoms with Crippen LogP contribution in [0.15, 0.2) is 0 Å². The zero-order valence-corrected chi connectivity index (χ0v) is 13.5. The van der Waals surface area contributed by atoms with Crippen LogP contribution in [0.5, 0.6) is 0 Å². The molecule has 1 aromatic rings. The molecular formula is C14H25ClN4O. The first kappa shape index (κ1) is 17.0. The highest BCUT2D eigenvalue weighted by atomic mass is 35.5. The number of rotatable bonds is 8. The van der Waals surface area contributed by atoms with Gasteiger partial charge < -0.3 is 10.6 Å². The largest absolute Gasteiger partial charge is 0.354 e. The van der Waals surface area contributed by atoms with E-state index in [0.717, 1.165) is 29.4 Å². The van der Waals surface area contributed by atoms with E-state index in [0.29, 0.717) is 19.5 Å². The van der Waals surface area contributed by atoms with Gasteiger partial charge in [0.15, 0.2) is 0 Å². The summed E-state index contributed by atoms with van der Waals surface area (Å²) in [6, 6.07) is 0.186. The third kappa shape index (κ3) is 4.80. The first-order valence-corrected chi connectivity index (χ1v) is 7.61. The number of nitrogens with zero attached hydrogens (tertiary/aromatic N) is 2. The molecule has 1 rings (SSSR count). The SMILES string of the molecule is CCc1nn(CC)c(CNCCC(=O)NC(C)C)c1Cl. The van der Waals surface area contributed by atoms with Crippen LogP contribution in [0.25, 0.3) is 0 Å². The van der Waals surface area contributed by atoms with Crippen LogP contribution in [0.1, 0.15) is 45.5 Å². The number of nitrogens with one attached hydrogen (secondary N) is 2. The van der Waals surface area contributed by atoms with E-state index in [4.69, 9.17) is 11.6 Å². The first-order chi connectivity index (χ1) is 9.49. The maximum Gasteiger partial charge on any atom is 0.221 e. The lowest BCUT2D eigenvalue weighted by Crippen LogP contribution is -2.32. The van der Waals surface area contributed by atoms with Crippen LogP contribution in [-0.4, -0.2) is 28.3 Å². The van der Waals surface area contributed by atoms with E-state index < -0.39 is 0 Å². The number of hydrogen-bond donors (Lipinski definition) is 2. The van der Waals surface area contributed by atoms with E-state index in [1.807, 2.05) is 32.4 Å². The van der Waals surface area contributed by atoms with Crippen molar-refractivity contribution >= 4 is 17.5 Å². The summed E-state index contributed by atoms with van der Waals surface area (Å²) < 4.78 is 1.92. The molecule has 0 atom stereocenters. The third-order valence-corrected chi connectivity index (χ3v) is 3.40. The Morgan fingerprint density at radius 3 is 2.65 bits per heavy atom. The number of hydrogen-bond acceptors (Lipinski definition) is 3. The summed E-state index contributed by atoms with van der Waals surface area (Å²) >= 11 is 6.32. The maximum atomic E-state index is 11.5. The highest BCUT2D eigenvalue weighted by Gasteiger charge is 2.13. The average molecular weight is 301 g/mol. The molecule has 0 fully saturated rings. The topological polar surface area (TPSA) is 59.0 Å². The number of carbonyl (C=O) groups excluding carboxylic acids is 1. The van der Waals surface area contributed by atoms with E-state index in [1.54, 1.807) is 0 Å². The van der Waals surface area contributed by atoms with Crippen molar-refractivity contribution in [1.82, 2.24) is 20.4 Å². The Balaban J connectivity index is 2.46. The summed E-state index contributed by atoms with van der Waals surface area (Å²) in [7, 11) is 0. The Hall–Kier alpha value is -1.07. The number of aromatic nitrogens is 2. The lowest BCUT2D eigenvalue weighted by atomic mass is 10.3. The zero-order valence-electron chi connectivity index (χ0n) is 12.8. The van der Waals surface area contributed by atoms with Crippen molar-refractivity contribution in [3.05, 3.63) is 16.4 Å². The molecule has 0 spiro atoms. The zero-order chi connectivity index (χ0) is 15.1. The van der Waals surface area contributed by atoms with E-state index in [2.05, 4.69) is 15.7 Å². The molecule has 1 heterocycles. The minimum Gasteiger partial charge on any atom is -0.354 e. The number of aryl methyl sites for hydroxylation is 2. The minimum absolute atomic E-state index is 0.0665.